The maximum absolute atomic E-state index is 12.8. The number of hydrogen-bond acceptors (Lipinski definition) is 3. The van der Waals surface area contributed by atoms with Gasteiger partial charge in [-0.1, -0.05) is 24.3 Å². The van der Waals surface area contributed by atoms with Gasteiger partial charge >= 0.3 is 0 Å². The van der Waals surface area contributed by atoms with Crippen molar-refractivity contribution < 1.29 is 14.3 Å². The van der Waals surface area contributed by atoms with Crippen molar-refractivity contribution >= 4 is 45.8 Å². The number of halogens is 1. The van der Waals surface area contributed by atoms with Crippen molar-refractivity contribution in [2.75, 3.05) is 24.4 Å². The summed E-state index contributed by atoms with van der Waals surface area (Å²) in [5.41, 5.74) is 2.37. The molecule has 6 heteroatoms. The van der Waals surface area contributed by atoms with Crippen molar-refractivity contribution in [3.8, 4) is 5.75 Å². The second-order valence-electron chi connectivity index (χ2n) is 6.08. The predicted octanol–water partition coefficient (Wildman–Crippen LogP) is 4.83. The van der Waals surface area contributed by atoms with Crippen LogP contribution in [0.2, 0.25) is 0 Å². The summed E-state index contributed by atoms with van der Waals surface area (Å²) in [6, 6.07) is 21.5. The van der Waals surface area contributed by atoms with Gasteiger partial charge in [0.2, 0.25) is 0 Å². The Bertz CT molecular complexity index is 1010. The maximum atomic E-state index is 12.8. The van der Waals surface area contributed by atoms with E-state index in [4.69, 9.17) is 4.74 Å². The van der Waals surface area contributed by atoms with E-state index in [0.717, 1.165) is 9.26 Å². The molecule has 0 atom stereocenters. The molecule has 1 N–H and O–H groups in total. The van der Waals surface area contributed by atoms with Gasteiger partial charge in [-0.3, -0.25) is 9.59 Å². The van der Waals surface area contributed by atoms with Crippen molar-refractivity contribution in [2.45, 2.75) is 0 Å². The second-order valence-corrected chi connectivity index (χ2v) is 7.25. The van der Waals surface area contributed by atoms with E-state index in [2.05, 4.69) is 27.9 Å². The molecule has 3 aromatic rings. The number of nitrogens with one attached hydrogen (secondary N) is 1. The summed E-state index contributed by atoms with van der Waals surface area (Å²) >= 11 is 2.12. The highest BCUT2D eigenvalue weighted by molar-refractivity contribution is 14.1. The molecule has 0 aromatic heterocycles. The average Bonchev–Trinajstić information content (AvgIpc) is 2.73. The summed E-state index contributed by atoms with van der Waals surface area (Å²) in [6.45, 7) is 0. The first kappa shape index (κ1) is 19.9. The topological polar surface area (TPSA) is 58.6 Å². The maximum Gasteiger partial charge on any atom is 0.258 e. The number of carbonyl (C=O) groups excluding carboxylic acids is 2. The van der Waals surface area contributed by atoms with E-state index in [9.17, 15) is 9.59 Å². The Balaban J connectivity index is 1.77. The molecule has 0 bridgehead atoms. The molecule has 2 amide bonds. The second kappa shape index (κ2) is 8.88. The molecule has 28 heavy (non-hydrogen) atoms. The van der Waals surface area contributed by atoms with Gasteiger partial charge in [0.1, 0.15) is 5.75 Å². The largest absolute Gasteiger partial charge is 0.496 e. The molecule has 142 valence electrons. The third kappa shape index (κ3) is 4.51. The lowest BCUT2D eigenvalue weighted by molar-refractivity contribution is 0.0990. The van der Waals surface area contributed by atoms with E-state index in [0.29, 0.717) is 22.6 Å². The van der Waals surface area contributed by atoms with E-state index in [1.54, 1.807) is 61.5 Å². The molecule has 5 nitrogen and oxygen atoms in total. The van der Waals surface area contributed by atoms with Gasteiger partial charge < -0.3 is 15.0 Å². The Labute approximate surface area is 177 Å². The first-order valence-electron chi connectivity index (χ1n) is 8.57. The van der Waals surface area contributed by atoms with Crippen molar-refractivity contribution in [1.29, 1.82) is 0 Å². The van der Waals surface area contributed by atoms with Crippen LogP contribution in [-0.4, -0.2) is 26.0 Å². The first-order valence-corrected chi connectivity index (χ1v) is 9.65. The molecule has 0 spiro atoms. The standard InChI is InChI=1S/C22H19IN2O3/c1-25(18-9-4-3-5-10-18)22(27)16-7-6-8-17(13-16)24-21(26)15-11-12-20(28-2)19(23)14-15/h3-14H,1-2H3,(H,24,26). The molecule has 0 fully saturated rings. The Morgan fingerprint density at radius 3 is 2.36 bits per heavy atom. The Morgan fingerprint density at radius 1 is 0.929 bits per heavy atom. The SMILES string of the molecule is COc1ccc(C(=O)Nc2cccc(C(=O)N(C)c3ccccc3)c2)cc1I. The Hall–Kier alpha value is -2.87. The van der Waals surface area contributed by atoms with E-state index in [-0.39, 0.29) is 11.8 Å². The Morgan fingerprint density at radius 2 is 1.68 bits per heavy atom. The molecular weight excluding hydrogens is 467 g/mol. The number of amides is 2. The van der Waals surface area contributed by atoms with E-state index in [1.165, 1.54) is 0 Å². The molecule has 3 aromatic carbocycles. The quantitative estimate of drug-likeness (QED) is 0.526. The molecule has 0 heterocycles. The fourth-order valence-electron chi connectivity index (χ4n) is 2.70. The summed E-state index contributed by atoms with van der Waals surface area (Å²) < 4.78 is 6.07. The minimum absolute atomic E-state index is 0.152. The van der Waals surface area contributed by atoms with Crippen LogP contribution in [-0.2, 0) is 0 Å². The van der Waals surface area contributed by atoms with Crippen LogP contribution in [0.4, 0.5) is 11.4 Å². The minimum atomic E-state index is -0.249. The predicted molar refractivity (Wildman–Crippen MR) is 119 cm³/mol. The number of hydrogen-bond donors (Lipinski definition) is 1. The normalized spacial score (nSPS) is 10.2. The van der Waals surface area contributed by atoms with E-state index >= 15 is 0 Å². The lowest BCUT2D eigenvalue weighted by atomic mass is 10.1. The molecule has 0 radical (unpaired) electrons. The number of methoxy groups -OCH3 is 1. The molecule has 0 aliphatic carbocycles. The van der Waals surface area contributed by atoms with E-state index in [1.807, 2.05) is 30.3 Å². The van der Waals surface area contributed by atoms with Gasteiger partial charge in [0.15, 0.2) is 0 Å². The molecule has 3 rings (SSSR count). The van der Waals surface area contributed by atoms with Crippen LogP contribution >= 0.6 is 22.6 Å². The fraction of sp³-hybridized carbons (Fsp3) is 0.0909. The van der Waals surface area contributed by atoms with Crippen molar-refractivity contribution in [1.82, 2.24) is 0 Å². The highest BCUT2D eigenvalue weighted by atomic mass is 127. The van der Waals surface area contributed by atoms with Gasteiger partial charge in [0, 0.05) is 29.5 Å². The van der Waals surface area contributed by atoms with Crippen molar-refractivity contribution in [3.63, 3.8) is 0 Å². The summed E-state index contributed by atoms with van der Waals surface area (Å²) in [5, 5.41) is 2.84. The fourth-order valence-corrected chi connectivity index (χ4v) is 3.44. The van der Waals surface area contributed by atoms with Crippen LogP contribution in [0.25, 0.3) is 0 Å². The van der Waals surface area contributed by atoms with Gasteiger partial charge in [0.05, 0.1) is 10.7 Å². The summed E-state index contributed by atoms with van der Waals surface area (Å²) in [4.78, 5) is 26.9. The van der Waals surface area contributed by atoms with Gasteiger partial charge in [-0.25, -0.2) is 0 Å². The smallest absolute Gasteiger partial charge is 0.258 e. The van der Waals surface area contributed by atoms with Crippen LogP contribution in [0, 0.1) is 3.57 Å². The van der Waals surface area contributed by atoms with Gasteiger partial charge in [-0.05, 0) is 71.1 Å². The van der Waals surface area contributed by atoms with Crippen LogP contribution in [0.3, 0.4) is 0 Å². The zero-order valence-electron chi connectivity index (χ0n) is 15.5. The van der Waals surface area contributed by atoms with Gasteiger partial charge in [-0.15, -0.1) is 0 Å². The van der Waals surface area contributed by atoms with Gasteiger partial charge in [0.25, 0.3) is 11.8 Å². The minimum Gasteiger partial charge on any atom is -0.496 e. The molecule has 0 unspecified atom stereocenters. The van der Waals surface area contributed by atoms with Crippen LogP contribution in [0.1, 0.15) is 20.7 Å². The first-order chi connectivity index (χ1) is 13.5. The number of carbonyl (C=O) groups is 2. The lowest BCUT2D eigenvalue weighted by Gasteiger charge is -2.17. The Kier molecular flexibility index (Phi) is 6.30. The summed E-state index contributed by atoms with van der Waals surface area (Å²) in [5.74, 6) is 0.316. The van der Waals surface area contributed by atoms with E-state index < -0.39 is 0 Å². The van der Waals surface area contributed by atoms with Crippen LogP contribution < -0.4 is 15.0 Å². The highest BCUT2D eigenvalue weighted by Gasteiger charge is 2.15. The van der Waals surface area contributed by atoms with Crippen LogP contribution in [0.15, 0.2) is 72.8 Å². The lowest BCUT2D eigenvalue weighted by Crippen LogP contribution is -2.26. The average molecular weight is 486 g/mol. The number of para-hydroxylation sites is 1. The number of anilines is 2. The molecule has 0 saturated carbocycles. The third-order valence-corrected chi connectivity index (χ3v) is 5.07. The zero-order chi connectivity index (χ0) is 20.1. The number of ether oxygens (including phenoxy) is 1. The van der Waals surface area contributed by atoms with Gasteiger partial charge in [-0.2, -0.15) is 0 Å². The third-order valence-electron chi connectivity index (χ3n) is 4.23. The van der Waals surface area contributed by atoms with Crippen LogP contribution in [0.5, 0.6) is 5.75 Å². The number of nitrogens with zero attached hydrogens (tertiary/aromatic N) is 1. The zero-order valence-corrected chi connectivity index (χ0v) is 17.6. The molecular formula is C22H19IN2O3. The molecule has 0 saturated heterocycles. The van der Waals surface area contributed by atoms with Crippen molar-refractivity contribution in [3.05, 3.63) is 87.5 Å². The molecule has 0 aliphatic rings. The number of rotatable bonds is 5. The highest BCUT2D eigenvalue weighted by Crippen LogP contribution is 2.23. The summed E-state index contributed by atoms with van der Waals surface area (Å²) in [6.07, 6.45) is 0. The summed E-state index contributed by atoms with van der Waals surface area (Å²) in [7, 11) is 3.31. The van der Waals surface area contributed by atoms with Crippen molar-refractivity contribution in [2.24, 2.45) is 0 Å². The molecule has 0 aliphatic heterocycles. The monoisotopic (exact) mass is 486 g/mol. The number of benzene rings is 3.